The van der Waals surface area contributed by atoms with Gasteiger partial charge in [0.15, 0.2) is 0 Å². The second-order valence-electron chi connectivity index (χ2n) is 6.54. The van der Waals surface area contributed by atoms with Crippen molar-refractivity contribution >= 4 is 15.7 Å². The lowest BCUT2D eigenvalue weighted by molar-refractivity contribution is 0.567. The van der Waals surface area contributed by atoms with Crippen LogP contribution in [0.15, 0.2) is 89.8 Å². The maximum Gasteiger partial charge on any atom is 0.240 e. The van der Waals surface area contributed by atoms with E-state index in [1.165, 1.54) is 5.56 Å². The van der Waals surface area contributed by atoms with Crippen LogP contribution < -0.4 is 9.62 Å². The summed E-state index contributed by atoms with van der Waals surface area (Å²) in [5, 5.41) is 0. The Morgan fingerprint density at radius 2 is 1.41 bits per heavy atom. The molecule has 0 aliphatic heterocycles. The molecular weight excluding hydrogens is 356 g/mol. The van der Waals surface area contributed by atoms with Gasteiger partial charge in [-0.25, -0.2) is 13.1 Å². The molecule has 0 saturated heterocycles. The van der Waals surface area contributed by atoms with E-state index in [0.29, 0.717) is 0 Å². The molecule has 0 radical (unpaired) electrons. The zero-order valence-electron chi connectivity index (χ0n) is 15.5. The molecule has 0 spiro atoms. The molecule has 27 heavy (non-hydrogen) atoms. The highest BCUT2D eigenvalue weighted by atomic mass is 32.2. The van der Waals surface area contributed by atoms with Crippen LogP contribution in [-0.2, 0) is 10.0 Å². The predicted octanol–water partition coefficient (Wildman–Crippen LogP) is 4.15. The number of rotatable bonds is 7. The molecule has 0 unspecified atom stereocenters. The molecule has 3 rings (SSSR count). The van der Waals surface area contributed by atoms with E-state index in [9.17, 15) is 8.42 Å². The van der Waals surface area contributed by atoms with Crippen molar-refractivity contribution in [2.75, 3.05) is 18.5 Å². The molecule has 0 bridgehead atoms. The number of hydrogen-bond acceptors (Lipinski definition) is 3. The third-order valence-electron chi connectivity index (χ3n) is 4.61. The minimum absolute atomic E-state index is 0.132. The monoisotopic (exact) mass is 380 g/mol. The minimum atomic E-state index is -3.56. The van der Waals surface area contributed by atoms with E-state index in [2.05, 4.69) is 33.9 Å². The third-order valence-corrected chi connectivity index (χ3v) is 6.05. The fourth-order valence-electron chi connectivity index (χ4n) is 2.99. The summed E-state index contributed by atoms with van der Waals surface area (Å²) in [4.78, 5) is 2.37. The Bertz CT molecular complexity index is 956. The number of likely N-dealkylation sites (N-methyl/N-ethyl adjacent to an activating group) is 1. The van der Waals surface area contributed by atoms with E-state index in [-0.39, 0.29) is 17.5 Å². The first-order valence-corrected chi connectivity index (χ1v) is 10.3. The highest BCUT2D eigenvalue weighted by Crippen LogP contribution is 2.26. The number of hydrogen-bond donors (Lipinski definition) is 1. The first kappa shape index (κ1) is 19.1. The van der Waals surface area contributed by atoms with Crippen LogP contribution in [0.3, 0.4) is 0 Å². The fourth-order valence-corrected chi connectivity index (χ4v) is 4.04. The van der Waals surface area contributed by atoms with Crippen molar-refractivity contribution in [2.24, 2.45) is 0 Å². The van der Waals surface area contributed by atoms with E-state index in [4.69, 9.17) is 0 Å². The van der Waals surface area contributed by atoms with Crippen LogP contribution in [0.4, 0.5) is 5.69 Å². The molecule has 1 N–H and O–H groups in total. The Balaban J connectivity index is 1.86. The lowest BCUT2D eigenvalue weighted by Crippen LogP contribution is -2.36. The van der Waals surface area contributed by atoms with Crippen LogP contribution in [0.25, 0.3) is 0 Å². The minimum Gasteiger partial charge on any atom is -0.366 e. The normalized spacial score (nSPS) is 12.5. The Labute approximate surface area is 161 Å². The van der Waals surface area contributed by atoms with Crippen molar-refractivity contribution in [3.8, 4) is 0 Å². The van der Waals surface area contributed by atoms with Gasteiger partial charge in [-0.15, -0.1) is 0 Å². The van der Waals surface area contributed by atoms with Crippen LogP contribution in [0.5, 0.6) is 0 Å². The topological polar surface area (TPSA) is 49.4 Å². The summed E-state index contributed by atoms with van der Waals surface area (Å²) in [6.45, 7) is 2.32. The van der Waals surface area contributed by atoms with Crippen LogP contribution in [0, 0.1) is 6.92 Å². The molecule has 4 nitrogen and oxygen atoms in total. The molecule has 0 aliphatic rings. The van der Waals surface area contributed by atoms with Gasteiger partial charge in [0, 0.05) is 19.3 Å². The van der Waals surface area contributed by atoms with Gasteiger partial charge in [-0.2, -0.15) is 0 Å². The summed E-state index contributed by atoms with van der Waals surface area (Å²) in [6, 6.07) is 26.5. The number of aryl methyl sites for hydroxylation is 1. The summed E-state index contributed by atoms with van der Waals surface area (Å²) in [5.41, 5.74) is 3.28. The van der Waals surface area contributed by atoms with Crippen molar-refractivity contribution in [3.05, 3.63) is 96.1 Å². The molecular formula is C22H24N2O2S. The van der Waals surface area contributed by atoms with Crippen molar-refractivity contribution in [1.82, 2.24) is 4.72 Å². The number of nitrogens with zero attached hydrogens (tertiary/aromatic N) is 1. The number of anilines is 1. The Hall–Kier alpha value is -2.63. The number of nitrogens with one attached hydrogen (secondary N) is 1. The second kappa shape index (κ2) is 8.37. The van der Waals surface area contributed by atoms with Crippen molar-refractivity contribution in [1.29, 1.82) is 0 Å². The maximum atomic E-state index is 12.6. The van der Waals surface area contributed by atoms with Crippen LogP contribution >= 0.6 is 0 Å². The first-order valence-electron chi connectivity index (χ1n) is 8.86. The lowest BCUT2D eigenvalue weighted by Gasteiger charge is -2.31. The summed E-state index contributed by atoms with van der Waals surface area (Å²) in [6.07, 6.45) is 0. The van der Waals surface area contributed by atoms with Gasteiger partial charge in [0.25, 0.3) is 0 Å². The van der Waals surface area contributed by atoms with Gasteiger partial charge < -0.3 is 4.90 Å². The molecule has 1 atom stereocenters. The maximum absolute atomic E-state index is 12.6. The summed E-state index contributed by atoms with van der Waals surface area (Å²) in [7, 11) is -1.58. The van der Waals surface area contributed by atoms with Gasteiger partial charge in [-0.1, -0.05) is 66.2 Å². The quantitative estimate of drug-likeness (QED) is 0.670. The molecule has 0 fully saturated rings. The van der Waals surface area contributed by atoms with Crippen LogP contribution in [0.1, 0.15) is 17.2 Å². The van der Waals surface area contributed by atoms with Crippen molar-refractivity contribution < 1.29 is 8.42 Å². The molecule has 140 valence electrons. The van der Waals surface area contributed by atoms with Gasteiger partial charge in [-0.05, 0) is 36.8 Å². The van der Waals surface area contributed by atoms with Gasteiger partial charge in [0.2, 0.25) is 10.0 Å². The molecule has 0 saturated carbocycles. The Kier molecular flexibility index (Phi) is 5.94. The predicted molar refractivity (Wildman–Crippen MR) is 110 cm³/mol. The van der Waals surface area contributed by atoms with Crippen LogP contribution in [-0.4, -0.2) is 22.0 Å². The van der Waals surface area contributed by atoms with Gasteiger partial charge in [0.05, 0.1) is 10.9 Å². The highest BCUT2D eigenvalue weighted by Gasteiger charge is 2.21. The molecule has 3 aromatic carbocycles. The summed E-state index contributed by atoms with van der Waals surface area (Å²) >= 11 is 0. The van der Waals surface area contributed by atoms with E-state index in [1.54, 1.807) is 30.3 Å². The van der Waals surface area contributed by atoms with Gasteiger partial charge in [-0.3, -0.25) is 0 Å². The standard InChI is InChI=1S/C22H24N2O2S/c1-18-13-15-20(16-14-18)24(2)22(19-9-5-3-6-10-19)17-23-27(25,26)21-11-7-4-8-12-21/h3-16,22-23H,17H2,1-2H3/t22-/m1/s1. The number of sulfonamides is 1. The zero-order valence-corrected chi connectivity index (χ0v) is 16.4. The van der Waals surface area contributed by atoms with Gasteiger partial charge >= 0.3 is 0 Å². The molecule has 5 heteroatoms. The SMILES string of the molecule is Cc1ccc(N(C)[C@H](CNS(=O)(=O)c2ccccc2)c2ccccc2)cc1. The molecule has 0 heterocycles. The van der Waals surface area contributed by atoms with E-state index >= 15 is 0 Å². The number of benzene rings is 3. The smallest absolute Gasteiger partial charge is 0.240 e. The van der Waals surface area contributed by atoms with E-state index in [1.807, 2.05) is 44.3 Å². The average Bonchev–Trinajstić information content (AvgIpc) is 2.70. The lowest BCUT2D eigenvalue weighted by atomic mass is 10.0. The molecule has 0 amide bonds. The van der Waals surface area contributed by atoms with Gasteiger partial charge in [0.1, 0.15) is 0 Å². The average molecular weight is 381 g/mol. The van der Waals surface area contributed by atoms with Crippen molar-refractivity contribution in [2.45, 2.75) is 17.9 Å². The second-order valence-corrected chi connectivity index (χ2v) is 8.30. The van der Waals surface area contributed by atoms with E-state index in [0.717, 1.165) is 11.3 Å². The Morgan fingerprint density at radius 3 is 2.00 bits per heavy atom. The third kappa shape index (κ3) is 4.76. The van der Waals surface area contributed by atoms with E-state index < -0.39 is 10.0 Å². The highest BCUT2D eigenvalue weighted by molar-refractivity contribution is 7.89. The van der Waals surface area contributed by atoms with Crippen molar-refractivity contribution in [3.63, 3.8) is 0 Å². The summed E-state index contributed by atoms with van der Waals surface area (Å²) < 4.78 is 28.1. The molecule has 3 aromatic rings. The largest absolute Gasteiger partial charge is 0.366 e. The van der Waals surface area contributed by atoms with Crippen LogP contribution in [0.2, 0.25) is 0 Å². The summed E-state index contributed by atoms with van der Waals surface area (Å²) in [5.74, 6) is 0. The zero-order chi connectivity index (χ0) is 19.3. The fraction of sp³-hybridized carbons (Fsp3) is 0.182. The first-order chi connectivity index (χ1) is 13.0. The molecule has 0 aliphatic carbocycles. The molecule has 0 aromatic heterocycles. The Morgan fingerprint density at radius 1 is 0.852 bits per heavy atom.